The van der Waals surface area contributed by atoms with Gasteiger partial charge >= 0.3 is 0 Å². The van der Waals surface area contributed by atoms with E-state index in [-0.39, 0.29) is 12.3 Å². The summed E-state index contributed by atoms with van der Waals surface area (Å²) < 4.78 is 5.71. The van der Waals surface area contributed by atoms with E-state index < -0.39 is 5.60 Å². The molecule has 0 radical (unpaired) electrons. The van der Waals surface area contributed by atoms with Gasteiger partial charge in [-0.2, -0.15) is 0 Å². The Morgan fingerprint density at radius 1 is 1.36 bits per heavy atom. The van der Waals surface area contributed by atoms with Crippen LogP contribution in [0, 0.1) is 0 Å². The van der Waals surface area contributed by atoms with E-state index >= 15 is 0 Å². The highest BCUT2D eigenvalue weighted by Gasteiger charge is 2.36. The fourth-order valence-corrected chi connectivity index (χ4v) is 3.33. The van der Waals surface area contributed by atoms with Crippen LogP contribution < -0.4 is 14.5 Å². The Morgan fingerprint density at radius 3 is 2.77 bits per heavy atom. The van der Waals surface area contributed by atoms with Crippen molar-refractivity contribution in [2.24, 2.45) is 0 Å². The number of fused-ring (bicyclic) bond motifs is 1. The van der Waals surface area contributed by atoms with Crippen molar-refractivity contribution in [1.29, 1.82) is 0 Å². The van der Waals surface area contributed by atoms with E-state index in [0.29, 0.717) is 13.2 Å². The van der Waals surface area contributed by atoms with E-state index in [9.17, 15) is 9.90 Å². The fraction of sp³-hybridized carbons (Fsp3) is 0.588. The van der Waals surface area contributed by atoms with Gasteiger partial charge in [0.15, 0.2) is 0 Å². The second-order valence-corrected chi connectivity index (χ2v) is 6.55. The summed E-state index contributed by atoms with van der Waals surface area (Å²) in [6.45, 7) is 1.04. The van der Waals surface area contributed by atoms with Gasteiger partial charge in [0.05, 0.1) is 24.3 Å². The smallest absolute Gasteiger partial charge is 0.230 e. The summed E-state index contributed by atoms with van der Waals surface area (Å²) in [5, 5.41) is 10.5. The van der Waals surface area contributed by atoms with E-state index in [1.165, 1.54) is 0 Å². The van der Waals surface area contributed by atoms with Crippen molar-refractivity contribution in [3.8, 4) is 5.75 Å². The van der Waals surface area contributed by atoms with Crippen LogP contribution in [-0.4, -0.2) is 43.9 Å². The first-order chi connectivity index (χ1) is 10.5. The van der Waals surface area contributed by atoms with Crippen LogP contribution in [0.1, 0.15) is 32.1 Å². The molecule has 0 unspecified atom stereocenters. The van der Waals surface area contributed by atoms with Gasteiger partial charge in [-0.3, -0.25) is 4.79 Å². The van der Waals surface area contributed by atoms with Crippen molar-refractivity contribution in [1.82, 2.24) is 0 Å². The van der Waals surface area contributed by atoms with Crippen molar-refractivity contribution in [2.45, 2.75) is 37.7 Å². The summed E-state index contributed by atoms with van der Waals surface area (Å²) in [4.78, 5) is 16.4. The average Bonchev–Trinajstić information content (AvgIpc) is 2.92. The molecule has 0 saturated heterocycles. The SMILES string of the molecule is CN(C)c1ccc2c(c1)OCCN2C(=O)CC1(O)CCCC1. The normalized spacial score (nSPS) is 19.5. The Balaban J connectivity index is 1.80. The van der Waals surface area contributed by atoms with Crippen LogP contribution in [0.5, 0.6) is 5.75 Å². The molecule has 5 nitrogen and oxygen atoms in total. The second kappa shape index (κ2) is 5.80. The third-order valence-electron chi connectivity index (χ3n) is 4.64. The van der Waals surface area contributed by atoms with E-state index in [1.807, 2.05) is 37.2 Å². The molecular weight excluding hydrogens is 280 g/mol. The summed E-state index contributed by atoms with van der Waals surface area (Å²) in [7, 11) is 3.95. The maximum Gasteiger partial charge on any atom is 0.230 e. The molecule has 1 aromatic carbocycles. The van der Waals surface area contributed by atoms with Crippen molar-refractivity contribution in [3.63, 3.8) is 0 Å². The maximum atomic E-state index is 12.6. The van der Waals surface area contributed by atoms with Crippen molar-refractivity contribution >= 4 is 17.3 Å². The van der Waals surface area contributed by atoms with Crippen molar-refractivity contribution in [3.05, 3.63) is 18.2 Å². The first kappa shape index (κ1) is 15.2. The molecule has 0 bridgehead atoms. The lowest BCUT2D eigenvalue weighted by Gasteiger charge is -2.32. The quantitative estimate of drug-likeness (QED) is 0.930. The largest absolute Gasteiger partial charge is 0.489 e. The Morgan fingerprint density at radius 2 is 2.09 bits per heavy atom. The van der Waals surface area contributed by atoms with Crippen LogP contribution in [-0.2, 0) is 4.79 Å². The molecular formula is C17H24N2O3. The van der Waals surface area contributed by atoms with Gasteiger partial charge in [0.2, 0.25) is 5.91 Å². The number of hydrogen-bond donors (Lipinski definition) is 1. The number of ether oxygens (including phenoxy) is 1. The van der Waals surface area contributed by atoms with Crippen LogP contribution in [0.4, 0.5) is 11.4 Å². The van der Waals surface area contributed by atoms with Gasteiger partial charge in [-0.15, -0.1) is 0 Å². The van der Waals surface area contributed by atoms with Crippen LogP contribution in [0.3, 0.4) is 0 Å². The minimum Gasteiger partial charge on any atom is -0.489 e. The lowest BCUT2D eigenvalue weighted by Crippen LogP contribution is -2.42. The average molecular weight is 304 g/mol. The molecule has 2 aliphatic rings. The number of amides is 1. The van der Waals surface area contributed by atoms with Crippen LogP contribution in [0.25, 0.3) is 0 Å². The molecule has 0 aromatic heterocycles. The molecule has 1 saturated carbocycles. The van der Waals surface area contributed by atoms with Crippen molar-refractivity contribution in [2.75, 3.05) is 37.0 Å². The number of rotatable bonds is 3. The molecule has 5 heteroatoms. The predicted molar refractivity (Wildman–Crippen MR) is 86.7 cm³/mol. The predicted octanol–water partition coefficient (Wildman–Crippen LogP) is 2.17. The van der Waals surface area contributed by atoms with E-state index in [0.717, 1.165) is 42.8 Å². The first-order valence-electron chi connectivity index (χ1n) is 7.95. The van der Waals surface area contributed by atoms with Gasteiger partial charge in [0.25, 0.3) is 0 Å². The van der Waals surface area contributed by atoms with Gasteiger partial charge in [-0.05, 0) is 25.0 Å². The van der Waals surface area contributed by atoms with Crippen LogP contribution in [0.2, 0.25) is 0 Å². The summed E-state index contributed by atoms with van der Waals surface area (Å²) in [6, 6.07) is 5.87. The maximum absolute atomic E-state index is 12.6. The lowest BCUT2D eigenvalue weighted by atomic mass is 9.97. The zero-order valence-corrected chi connectivity index (χ0v) is 13.3. The summed E-state index contributed by atoms with van der Waals surface area (Å²) in [6.07, 6.45) is 3.69. The monoisotopic (exact) mass is 304 g/mol. The van der Waals surface area contributed by atoms with Gasteiger partial charge in [0, 0.05) is 25.8 Å². The number of carbonyl (C=O) groups excluding carboxylic acids is 1. The van der Waals surface area contributed by atoms with Crippen molar-refractivity contribution < 1.29 is 14.6 Å². The van der Waals surface area contributed by atoms with Gasteiger partial charge < -0.3 is 19.6 Å². The number of anilines is 2. The number of hydrogen-bond acceptors (Lipinski definition) is 4. The molecule has 1 heterocycles. The molecule has 1 amide bonds. The Labute approximate surface area is 131 Å². The summed E-state index contributed by atoms with van der Waals surface area (Å²) in [5.74, 6) is 0.732. The molecule has 22 heavy (non-hydrogen) atoms. The number of carbonyl (C=O) groups is 1. The zero-order chi connectivity index (χ0) is 15.7. The van der Waals surface area contributed by atoms with Gasteiger partial charge in [0.1, 0.15) is 12.4 Å². The van der Waals surface area contributed by atoms with Gasteiger partial charge in [-0.25, -0.2) is 0 Å². The molecule has 1 aliphatic carbocycles. The number of benzene rings is 1. The highest BCUT2D eigenvalue weighted by atomic mass is 16.5. The van der Waals surface area contributed by atoms with E-state index in [1.54, 1.807) is 4.90 Å². The topological polar surface area (TPSA) is 53.0 Å². The Kier molecular flexibility index (Phi) is 4.00. The number of aliphatic hydroxyl groups is 1. The summed E-state index contributed by atoms with van der Waals surface area (Å²) in [5.41, 5.74) is 1.05. The minimum absolute atomic E-state index is 0.00782. The fourth-order valence-electron chi connectivity index (χ4n) is 3.33. The molecule has 1 aromatic rings. The molecule has 120 valence electrons. The summed E-state index contributed by atoms with van der Waals surface area (Å²) >= 11 is 0. The van der Waals surface area contributed by atoms with Gasteiger partial charge in [-0.1, -0.05) is 12.8 Å². The molecule has 1 fully saturated rings. The Bertz CT molecular complexity index is 565. The third-order valence-corrected chi connectivity index (χ3v) is 4.64. The van der Waals surface area contributed by atoms with E-state index in [4.69, 9.17) is 4.74 Å². The lowest BCUT2D eigenvalue weighted by molar-refractivity contribution is -0.123. The first-order valence-corrected chi connectivity index (χ1v) is 7.95. The van der Waals surface area contributed by atoms with Crippen LogP contribution >= 0.6 is 0 Å². The highest BCUT2D eigenvalue weighted by Crippen LogP contribution is 2.37. The molecule has 1 aliphatic heterocycles. The molecule has 1 N–H and O–H groups in total. The Hall–Kier alpha value is -1.75. The zero-order valence-electron chi connectivity index (χ0n) is 13.3. The molecule has 0 spiro atoms. The second-order valence-electron chi connectivity index (χ2n) is 6.55. The third kappa shape index (κ3) is 2.90. The van der Waals surface area contributed by atoms with E-state index in [2.05, 4.69) is 0 Å². The molecule has 3 rings (SSSR count). The number of nitrogens with zero attached hydrogens (tertiary/aromatic N) is 2. The molecule has 0 atom stereocenters. The van der Waals surface area contributed by atoms with Crippen LogP contribution in [0.15, 0.2) is 18.2 Å². The standard InChI is InChI=1S/C17H24N2O3/c1-18(2)13-5-6-14-15(11-13)22-10-9-19(14)16(20)12-17(21)7-3-4-8-17/h5-6,11,21H,3-4,7-10,12H2,1-2H3. The highest BCUT2D eigenvalue weighted by molar-refractivity contribution is 5.96. The minimum atomic E-state index is -0.806.